The van der Waals surface area contributed by atoms with Crippen molar-refractivity contribution >= 4 is 17.1 Å². The lowest BCUT2D eigenvalue weighted by atomic mass is 9.41. The Morgan fingerprint density at radius 3 is 1.84 bits per heavy atom. The summed E-state index contributed by atoms with van der Waals surface area (Å²) < 4.78 is 7.09. The van der Waals surface area contributed by atoms with Gasteiger partial charge in [0.05, 0.1) is 5.69 Å². The highest BCUT2D eigenvalue weighted by Gasteiger charge is 2.61. The van der Waals surface area contributed by atoms with Gasteiger partial charge in [-0.25, -0.2) is 0 Å². The number of hydrogen-bond donors (Lipinski definition) is 0. The molecule has 0 amide bonds. The van der Waals surface area contributed by atoms with Gasteiger partial charge < -0.3 is 9.64 Å². The zero-order valence-electron chi connectivity index (χ0n) is 30.1. The molecule has 1 aliphatic heterocycles. The van der Waals surface area contributed by atoms with Crippen molar-refractivity contribution in [2.45, 2.75) is 88.9 Å². The minimum absolute atomic E-state index is 0.00133. The predicted molar refractivity (Wildman–Crippen MR) is 206 cm³/mol. The van der Waals surface area contributed by atoms with Gasteiger partial charge in [-0.05, 0) is 133 Å². The van der Waals surface area contributed by atoms with Gasteiger partial charge in [-0.2, -0.15) is 0 Å². The van der Waals surface area contributed by atoms with E-state index in [9.17, 15) is 0 Å². The van der Waals surface area contributed by atoms with E-state index in [0.29, 0.717) is 11.8 Å². The second-order valence-electron chi connectivity index (χ2n) is 17.7. The highest BCUT2D eigenvalue weighted by molar-refractivity contribution is 5.90. The lowest BCUT2D eigenvalue weighted by Gasteiger charge is -2.63. The summed E-state index contributed by atoms with van der Waals surface area (Å²) in [4.78, 5) is 2.51. The molecule has 5 aromatic rings. The summed E-state index contributed by atoms with van der Waals surface area (Å²) in [5.41, 5.74) is 12.2. The smallest absolute Gasteiger partial charge is 0.133 e. The number of ether oxygens (including phenoxy) is 1. The molecular weight excluding hydrogens is 607 g/mol. The Morgan fingerprint density at radius 1 is 0.520 bits per heavy atom. The maximum atomic E-state index is 7.09. The molecular formula is C48H49NO. The van der Waals surface area contributed by atoms with Gasteiger partial charge in [0.1, 0.15) is 11.5 Å². The number of benzene rings is 5. The molecule has 0 atom stereocenters. The van der Waals surface area contributed by atoms with Crippen LogP contribution in [0.5, 0.6) is 11.5 Å². The van der Waals surface area contributed by atoms with Crippen LogP contribution < -0.4 is 9.64 Å². The number of para-hydroxylation sites is 2. The fraction of sp³-hybridized carbons (Fsp3) is 0.375. The van der Waals surface area contributed by atoms with Crippen LogP contribution in [0.1, 0.15) is 94.9 Å². The van der Waals surface area contributed by atoms with Crippen LogP contribution in [0.25, 0.3) is 11.1 Å². The third kappa shape index (κ3) is 4.39. The van der Waals surface area contributed by atoms with E-state index in [1.54, 1.807) is 0 Å². The van der Waals surface area contributed by atoms with Crippen LogP contribution >= 0.6 is 0 Å². The van der Waals surface area contributed by atoms with Crippen LogP contribution in [-0.4, -0.2) is 0 Å². The van der Waals surface area contributed by atoms with Crippen molar-refractivity contribution in [2.75, 3.05) is 4.90 Å². The average molecular weight is 656 g/mol. The van der Waals surface area contributed by atoms with Crippen molar-refractivity contribution in [1.82, 2.24) is 0 Å². The quantitative estimate of drug-likeness (QED) is 0.191. The zero-order chi connectivity index (χ0) is 33.8. The van der Waals surface area contributed by atoms with E-state index in [4.69, 9.17) is 4.74 Å². The third-order valence-electron chi connectivity index (χ3n) is 14.0. The minimum atomic E-state index is -0.00133. The van der Waals surface area contributed by atoms with Gasteiger partial charge in [0, 0.05) is 39.5 Å². The van der Waals surface area contributed by atoms with Crippen LogP contribution in [0, 0.1) is 23.7 Å². The maximum absolute atomic E-state index is 7.09. The zero-order valence-corrected chi connectivity index (χ0v) is 30.1. The van der Waals surface area contributed by atoms with Crippen molar-refractivity contribution in [3.05, 3.63) is 138 Å². The standard InChI is InChI=1S/C48H49NO/c1-46(2)21-22-47(3,4)41-28-37(19-20-39(41)46)49(36-15-9-6-10-16-36)43-30-45-42(29-38(43)33-13-7-5-8-14-33)48(40-17-11-12-18-44(40)50-45)34-24-31-23-32(26-34)27-35(48)25-31/h5-20,28-32,34-35H,21-27H2,1-4H3. The van der Waals surface area contributed by atoms with Crippen LogP contribution in [0.3, 0.4) is 0 Å². The molecule has 50 heavy (non-hydrogen) atoms. The van der Waals surface area contributed by atoms with Crippen LogP contribution in [0.2, 0.25) is 0 Å². The maximum Gasteiger partial charge on any atom is 0.133 e. The largest absolute Gasteiger partial charge is 0.457 e. The summed E-state index contributed by atoms with van der Waals surface area (Å²) in [5.74, 6) is 5.21. The Bertz CT molecular complexity index is 2080. The van der Waals surface area contributed by atoms with Crippen molar-refractivity contribution in [2.24, 2.45) is 23.7 Å². The molecule has 2 heteroatoms. The first kappa shape index (κ1) is 30.5. The van der Waals surface area contributed by atoms with Crippen molar-refractivity contribution in [3.63, 3.8) is 0 Å². The summed E-state index contributed by atoms with van der Waals surface area (Å²) in [6, 6.07) is 43.5. The first-order chi connectivity index (χ1) is 24.2. The molecule has 4 bridgehead atoms. The summed E-state index contributed by atoms with van der Waals surface area (Å²) in [6.45, 7) is 9.70. The molecule has 11 rings (SSSR count). The molecule has 5 aromatic carbocycles. The van der Waals surface area contributed by atoms with Crippen molar-refractivity contribution in [3.8, 4) is 22.6 Å². The molecule has 5 aliphatic carbocycles. The lowest BCUT2D eigenvalue weighted by Crippen LogP contribution is -2.57. The number of nitrogens with zero attached hydrogens (tertiary/aromatic N) is 1. The van der Waals surface area contributed by atoms with Gasteiger partial charge in [-0.1, -0.05) is 100 Å². The topological polar surface area (TPSA) is 12.5 Å². The Balaban J connectivity index is 1.24. The highest BCUT2D eigenvalue weighted by atomic mass is 16.5. The summed E-state index contributed by atoms with van der Waals surface area (Å²) in [5, 5.41) is 0. The number of hydrogen-bond acceptors (Lipinski definition) is 2. The van der Waals surface area contributed by atoms with E-state index in [0.717, 1.165) is 29.0 Å². The molecule has 0 radical (unpaired) electrons. The fourth-order valence-corrected chi connectivity index (χ4v) is 11.7. The molecule has 1 spiro atoms. The highest BCUT2D eigenvalue weighted by Crippen LogP contribution is 2.69. The Hall–Kier alpha value is -4.30. The fourth-order valence-electron chi connectivity index (χ4n) is 11.7. The van der Waals surface area contributed by atoms with Crippen molar-refractivity contribution < 1.29 is 4.74 Å². The Morgan fingerprint density at radius 2 is 1.14 bits per heavy atom. The van der Waals surface area contributed by atoms with Gasteiger partial charge in [-0.3, -0.25) is 0 Å². The third-order valence-corrected chi connectivity index (χ3v) is 14.0. The van der Waals surface area contributed by atoms with Gasteiger partial charge >= 0.3 is 0 Å². The summed E-state index contributed by atoms with van der Waals surface area (Å²) >= 11 is 0. The van der Waals surface area contributed by atoms with E-state index < -0.39 is 0 Å². The van der Waals surface area contributed by atoms with E-state index in [2.05, 4.69) is 148 Å². The average Bonchev–Trinajstić information content (AvgIpc) is 3.12. The van der Waals surface area contributed by atoms with E-state index >= 15 is 0 Å². The Kier molecular flexibility index (Phi) is 6.62. The van der Waals surface area contributed by atoms with E-state index in [-0.39, 0.29) is 16.2 Å². The Labute approximate surface area is 298 Å². The summed E-state index contributed by atoms with van der Waals surface area (Å²) in [7, 11) is 0. The molecule has 4 saturated carbocycles. The second kappa shape index (κ2) is 10.8. The van der Waals surface area contributed by atoms with Crippen LogP contribution in [0.15, 0.2) is 115 Å². The van der Waals surface area contributed by atoms with Crippen molar-refractivity contribution in [1.29, 1.82) is 0 Å². The number of fused-ring (bicyclic) bond motifs is 3. The predicted octanol–water partition coefficient (Wildman–Crippen LogP) is 13.0. The van der Waals surface area contributed by atoms with Gasteiger partial charge in [0.15, 0.2) is 0 Å². The monoisotopic (exact) mass is 655 g/mol. The van der Waals surface area contributed by atoms with Gasteiger partial charge in [0.2, 0.25) is 0 Å². The molecule has 0 aromatic heterocycles. The molecule has 0 saturated heterocycles. The molecule has 0 N–H and O–H groups in total. The molecule has 1 heterocycles. The molecule has 0 unspecified atom stereocenters. The van der Waals surface area contributed by atoms with E-state index in [1.165, 1.54) is 89.7 Å². The number of rotatable bonds is 4. The SMILES string of the molecule is CC1(C)CCC(C)(C)c2cc(N(c3ccccc3)c3cc4c(cc3-c3ccccc3)C3(c5ccccc5O4)C4CC5CC(C4)CC3C5)ccc21. The summed E-state index contributed by atoms with van der Waals surface area (Å²) in [6.07, 6.45) is 9.24. The second-order valence-corrected chi connectivity index (χ2v) is 17.7. The first-order valence-corrected chi connectivity index (χ1v) is 19.2. The lowest BCUT2D eigenvalue weighted by molar-refractivity contribution is -0.0452. The number of anilines is 3. The van der Waals surface area contributed by atoms with Crippen LogP contribution in [0.4, 0.5) is 17.1 Å². The van der Waals surface area contributed by atoms with Gasteiger partial charge in [-0.15, -0.1) is 0 Å². The van der Waals surface area contributed by atoms with Crippen LogP contribution in [-0.2, 0) is 16.2 Å². The minimum Gasteiger partial charge on any atom is -0.457 e. The van der Waals surface area contributed by atoms with E-state index in [1.807, 2.05) is 0 Å². The molecule has 4 fully saturated rings. The first-order valence-electron chi connectivity index (χ1n) is 19.2. The van der Waals surface area contributed by atoms with Gasteiger partial charge in [0.25, 0.3) is 0 Å². The molecule has 252 valence electrons. The molecule has 6 aliphatic rings. The normalized spacial score (nSPS) is 27.6. The molecule has 2 nitrogen and oxygen atoms in total.